The van der Waals surface area contributed by atoms with Crippen LogP contribution in [0.1, 0.15) is 35.0 Å². The summed E-state index contributed by atoms with van der Waals surface area (Å²) >= 11 is 0.968. The number of hydrogen-bond acceptors (Lipinski definition) is 5. The van der Waals surface area contributed by atoms with Crippen molar-refractivity contribution in [2.24, 2.45) is 0 Å². The van der Waals surface area contributed by atoms with Crippen LogP contribution in [0.5, 0.6) is 0 Å². The van der Waals surface area contributed by atoms with Crippen LogP contribution in [0.15, 0.2) is 10.3 Å². The monoisotopic (exact) mass is 332 g/mol. The number of carboxylic acid groups (broad SMARTS) is 1. The van der Waals surface area contributed by atoms with Crippen LogP contribution < -0.4 is 5.32 Å². The molecular formula is C13H20N2O4S2. The van der Waals surface area contributed by atoms with E-state index in [1.165, 1.54) is 4.31 Å². The molecule has 0 saturated carbocycles. The summed E-state index contributed by atoms with van der Waals surface area (Å²) in [6.07, 6.45) is 1.50. The Bertz CT molecular complexity index is 618. The fourth-order valence-corrected chi connectivity index (χ4v) is 6.02. The number of carboxylic acids is 1. The van der Waals surface area contributed by atoms with Crippen LogP contribution >= 0.6 is 11.3 Å². The van der Waals surface area contributed by atoms with Gasteiger partial charge in [-0.1, -0.05) is 6.92 Å². The second kappa shape index (κ2) is 6.43. The molecule has 1 aromatic rings. The third kappa shape index (κ3) is 3.13. The molecule has 21 heavy (non-hydrogen) atoms. The second-order valence-corrected chi connectivity index (χ2v) is 7.78. The van der Waals surface area contributed by atoms with E-state index in [1.807, 2.05) is 0 Å². The van der Waals surface area contributed by atoms with E-state index < -0.39 is 16.0 Å². The van der Waals surface area contributed by atoms with Crippen molar-refractivity contribution in [3.05, 3.63) is 15.8 Å². The van der Waals surface area contributed by atoms with Crippen molar-refractivity contribution in [1.29, 1.82) is 0 Å². The number of nitrogens with one attached hydrogen (secondary N) is 1. The van der Waals surface area contributed by atoms with E-state index in [1.54, 1.807) is 19.2 Å². The van der Waals surface area contributed by atoms with Gasteiger partial charge in [0.05, 0.1) is 0 Å². The summed E-state index contributed by atoms with van der Waals surface area (Å²) in [6, 6.07) is -0.0674. The van der Waals surface area contributed by atoms with Crippen molar-refractivity contribution >= 4 is 27.3 Å². The summed E-state index contributed by atoms with van der Waals surface area (Å²) in [4.78, 5) is 11.1. The predicted octanol–water partition coefficient (Wildman–Crippen LogP) is 1.52. The van der Waals surface area contributed by atoms with Gasteiger partial charge in [0.1, 0.15) is 9.77 Å². The van der Waals surface area contributed by atoms with Gasteiger partial charge in [-0.15, -0.1) is 11.3 Å². The number of nitrogens with zero attached hydrogens (tertiary/aromatic N) is 1. The number of aromatic carboxylic acids is 1. The van der Waals surface area contributed by atoms with Crippen molar-refractivity contribution in [2.75, 3.05) is 19.6 Å². The Morgan fingerprint density at radius 3 is 2.62 bits per heavy atom. The normalized spacial score (nSPS) is 17.3. The third-order valence-corrected chi connectivity index (χ3v) is 7.14. The van der Waals surface area contributed by atoms with Gasteiger partial charge < -0.3 is 10.4 Å². The standard InChI is InChI=1S/C13H20N2O4S2/c1-3-15(10-4-6-14-7-5-10)21(18,19)12-9(2)8-20-11(12)13(16)17/h8,10,14H,3-7H2,1-2H3,(H,16,17). The van der Waals surface area contributed by atoms with Crippen LogP contribution in [0.3, 0.4) is 0 Å². The lowest BCUT2D eigenvalue weighted by Gasteiger charge is -2.33. The Kier molecular flexibility index (Phi) is 5.03. The minimum absolute atomic E-state index is 0.0413. The van der Waals surface area contributed by atoms with Crippen LogP contribution in [0, 0.1) is 6.92 Å². The van der Waals surface area contributed by atoms with Crippen molar-refractivity contribution in [1.82, 2.24) is 9.62 Å². The minimum Gasteiger partial charge on any atom is -0.477 e. The van der Waals surface area contributed by atoms with Crippen LogP contribution in [0.25, 0.3) is 0 Å². The first-order valence-electron chi connectivity index (χ1n) is 6.93. The van der Waals surface area contributed by atoms with E-state index in [-0.39, 0.29) is 15.8 Å². The zero-order valence-electron chi connectivity index (χ0n) is 12.1. The van der Waals surface area contributed by atoms with Gasteiger partial charge in [-0.25, -0.2) is 13.2 Å². The summed E-state index contributed by atoms with van der Waals surface area (Å²) in [5, 5.41) is 14.0. The molecule has 1 aromatic heterocycles. The van der Waals surface area contributed by atoms with Gasteiger partial charge in [0.25, 0.3) is 0 Å². The van der Waals surface area contributed by atoms with Gasteiger partial charge in [0.15, 0.2) is 0 Å². The first-order valence-corrected chi connectivity index (χ1v) is 9.25. The van der Waals surface area contributed by atoms with E-state index in [9.17, 15) is 18.3 Å². The number of hydrogen-bond donors (Lipinski definition) is 2. The molecule has 2 heterocycles. The smallest absolute Gasteiger partial charge is 0.347 e. The number of carbonyl (C=O) groups is 1. The first kappa shape index (κ1) is 16.4. The zero-order valence-corrected chi connectivity index (χ0v) is 13.8. The molecule has 2 rings (SSSR count). The molecule has 2 N–H and O–H groups in total. The summed E-state index contributed by atoms with van der Waals surface area (Å²) in [6.45, 7) is 5.35. The van der Waals surface area contributed by atoms with Gasteiger partial charge in [-0.2, -0.15) is 4.31 Å². The summed E-state index contributed by atoms with van der Waals surface area (Å²) in [7, 11) is -3.78. The molecule has 1 saturated heterocycles. The SMILES string of the molecule is CCN(C1CCNCC1)S(=O)(=O)c1c(C)csc1C(=O)O. The van der Waals surface area contributed by atoms with Crippen molar-refractivity contribution in [3.63, 3.8) is 0 Å². The highest BCUT2D eigenvalue weighted by Gasteiger charge is 2.35. The quantitative estimate of drug-likeness (QED) is 0.854. The van der Waals surface area contributed by atoms with Crippen LogP contribution in [0.4, 0.5) is 0 Å². The van der Waals surface area contributed by atoms with Crippen LogP contribution in [0.2, 0.25) is 0 Å². The highest BCUT2D eigenvalue weighted by Crippen LogP contribution is 2.31. The summed E-state index contributed by atoms with van der Waals surface area (Å²) in [5.41, 5.74) is 0.504. The van der Waals surface area contributed by atoms with Crippen molar-refractivity contribution < 1.29 is 18.3 Å². The van der Waals surface area contributed by atoms with Crippen LogP contribution in [-0.2, 0) is 10.0 Å². The molecule has 0 amide bonds. The zero-order chi connectivity index (χ0) is 15.6. The van der Waals surface area contributed by atoms with E-state index >= 15 is 0 Å². The molecule has 0 spiro atoms. The molecule has 8 heteroatoms. The van der Waals surface area contributed by atoms with Gasteiger partial charge in [0.2, 0.25) is 10.0 Å². The predicted molar refractivity (Wildman–Crippen MR) is 81.5 cm³/mol. The first-order chi connectivity index (χ1) is 9.89. The lowest BCUT2D eigenvalue weighted by atomic mass is 10.1. The average molecular weight is 332 g/mol. The molecule has 0 radical (unpaired) electrons. The number of thiophene rings is 1. The maximum absolute atomic E-state index is 12.9. The topological polar surface area (TPSA) is 86.7 Å². The molecule has 0 aromatic carbocycles. The molecule has 1 aliphatic heterocycles. The van der Waals surface area contributed by atoms with Gasteiger partial charge in [0, 0.05) is 12.6 Å². The molecule has 1 aliphatic rings. The molecular weight excluding hydrogens is 312 g/mol. The lowest BCUT2D eigenvalue weighted by molar-refractivity contribution is 0.0698. The average Bonchev–Trinajstić information content (AvgIpc) is 2.83. The van der Waals surface area contributed by atoms with E-state index in [0.717, 1.165) is 37.3 Å². The van der Waals surface area contributed by atoms with E-state index in [4.69, 9.17) is 0 Å². The molecule has 0 aliphatic carbocycles. The Balaban J connectivity index is 2.44. The minimum atomic E-state index is -3.78. The highest BCUT2D eigenvalue weighted by molar-refractivity contribution is 7.89. The molecule has 1 fully saturated rings. The van der Waals surface area contributed by atoms with Gasteiger partial charge in [-0.05, 0) is 43.8 Å². The molecule has 0 atom stereocenters. The van der Waals surface area contributed by atoms with Gasteiger partial charge in [-0.3, -0.25) is 0 Å². The van der Waals surface area contributed by atoms with Crippen LogP contribution in [-0.4, -0.2) is 49.5 Å². The molecule has 0 unspecified atom stereocenters. The maximum Gasteiger partial charge on any atom is 0.347 e. The molecule has 0 bridgehead atoms. The molecule has 118 valence electrons. The highest BCUT2D eigenvalue weighted by atomic mass is 32.2. The van der Waals surface area contributed by atoms with Crippen molar-refractivity contribution in [3.8, 4) is 0 Å². The number of sulfonamides is 1. The van der Waals surface area contributed by atoms with E-state index in [0.29, 0.717) is 12.1 Å². The molecule has 6 nitrogen and oxygen atoms in total. The Hall–Kier alpha value is -0.960. The largest absolute Gasteiger partial charge is 0.477 e. The lowest BCUT2D eigenvalue weighted by Crippen LogP contribution is -2.46. The number of piperidine rings is 1. The Morgan fingerprint density at radius 1 is 1.48 bits per heavy atom. The second-order valence-electron chi connectivity index (χ2n) is 5.07. The van der Waals surface area contributed by atoms with Crippen molar-refractivity contribution in [2.45, 2.75) is 37.6 Å². The Morgan fingerprint density at radius 2 is 2.10 bits per heavy atom. The Labute approximate surface area is 128 Å². The third-order valence-electron chi connectivity index (χ3n) is 3.71. The summed E-state index contributed by atoms with van der Waals surface area (Å²) in [5.74, 6) is -1.19. The summed E-state index contributed by atoms with van der Waals surface area (Å²) < 4.78 is 27.3. The van der Waals surface area contributed by atoms with E-state index in [2.05, 4.69) is 5.32 Å². The maximum atomic E-state index is 12.9. The number of aryl methyl sites for hydroxylation is 1. The fraction of sp³-hybridized carbons (Fsp3) is 0.615. The number of rotatable bonds is 5. The van der Waals surface area contributed by atoms with Gasteiger partial charge >= 0.3 is 5.97 Å². The fourth-order valence-electron chi connectivity index (χ4n) is 2.74.